The molecule has 0 spiro atoms. The number of amides is 2. The maximum absolute atomic E-state index is 14.1. The van der Waals surface area contributed by atoms with Gasteiger partial charge in [0, 0.05) is 75.9 Å². The summed E-state index contributed by atoms with van der Waals surface area (Å²) in [5.41, 5.74) is 0.844. The van der Waals surface area contributed by atoms with Gasteiger partial charge in [0.05, 0.1) is 13.2 Å². The van der Waals surface area contributed by atoms with E-state index in [2.05, 4.69) is 14.9 Å². The van der Waals surface area contributed by atoms with Crippen LogP contribution in [-0.4, -0.2) is 93.4 Å². The van der Waals surface area contributed by atoms with E-state index in [0.717, 1.165) is 28.4 Å². The van der Waals surface area contributed by atoms with Gasteiger partial charge in [0.15, 0.2) is 4.96 Å². The Kier molecular flexibility index (Phi) is 8.45. The molecular formula is C27H29FN6O5S2. The largest absolute Gasteiger partial charge is 0.501 e. The molecule has 41 heavy (non-hydrogen) atoms. The van der Waals surface area contributed by atoms with Gasteiger partial charge in [-0.2, -0.15) is 0 Å². The molecule has 0 unspecified atom stereocenters. The molecule has 1 N–H and O–H groups in total. The zero-order chi connectivity index (χ0) is 29.3. The van der Waals surface area contributed by atoms with Gasteiger partial charge in [0.25, 0.3) is 0 Å². The fraction of sp³-hybridized carbons (Fsp3) is 0.370. The molecular weight excluding hydrogens is 571 g/mol. The van der Waals surface area contributed by atoms with E-state index in [-0.39, 0.29) is 12.2 Å². The second-order valence-electron chi connectivity index (χ2n) is 9.94. The summed E-state index contributed by atoms with van der Waals surface area (Å²) in [5, 5.41) is 11.1. The van der Waals surface area contributed by atoms with Crippen molar-refractivity contribution in [2.45, 2.75) is 19.5 Å². The lowest BCUT2D eigenvalue weighted by molar-refractivity contribution is -0.149. The highest BCUT2D eigenvalue weighted by atomic mass is 32.1. The first-order valence-corrected chi connectivity index (χ1v) is 14.5. The Morgan fingerprint density at radius 1 is 1.10 bits per heavy atom. The number of hydrogen-bond donors (Lipinski definition) is 1. The van der Waals surface area contributed by atoms with E-state index in [1.54, 1.807) is 18.5 Å². The number of aromatic nitrogens is 3. The predicted octanol–water partition coefficient (Wildman–Crippen LogP) is 2.19. The number of benzene rings is 1. The van der Waals surface area contributed by atoms with Crippen LogP contribution in [0.4, 0.5) is 4.39 Å². The number of halogens is 1. The lowest BCUT2D eigenvalue weighted by Crippen LogP contribution is -2.40. The Bertz CT molecular complexity index is 1660. The number of nitrogens with zero attached hydrogens (tertiary/aromatic N) is 6. The average Bonchev–Trinajstić information content (AvgIpc) is 3.58. The summed E-state index contributed by atoms with van der Waals surface area (Å²) in [4.78, 5) is 53.3. The Labute approximate surface area is 243 Å². The molecule has 0 atom stereocenters. The molecule has 4 heterocycles. The van der Waals surface area contributed by atoms with E-state index in [4.69, 9.17) is 4.74 Å². The molecule has 0 radical (unpaired) electrons. The van der Waals surface area contributed by atoms with Crippen LogP contribution in [-0.2, 0) is 33.8 Å². The van der Waals surface area contributed by atoms with Crippen molar-refractivity contribution in [3.8, 4) is 16.5 Å². The van der Waals surface area contributed by atoms with Crippen LogP contribution in [0.3, 0.4) is 0 Å². The van der Waals surface area contributed by atoms with Crippen molar-refractivity contribution in [2.24, 2.45) is 0 Å². The van der Waals surface area contributed by atoms with Gasteiger partial charge >= 0.3 is 17.4 Å². The molecule has 0 saturated carbocycles. The van der Waals surface area contributed by atoms with Crippen LogP contribution in [0.25, 0.3) is 15.7 Å². The van der Waals surface area contributed by atoms with Gasteiger partial charge in [-0.05, 0) is 23.3 Å². The Hall–Kier alpha value is -3.72. The molecule has 11 nitrogen and oxygen atoms in total. The zero-order valence-electron chi connectivity index (χ0n) is 22.8. The minimum absolute atomic E-state index is 0.0398. The van der Waals surface area contributed by atoms with Gasteiger partial charge in [-0.25, -0.2) is 14.4 Å². The fourth-order valence-corrected chi connectivity index (χ4v) is 6.40. The molecule has 216 valence electrons. The maximum Gasteiger partial charge on any atom is 0.312 e. The molecule has 0 bridgehead atoms. The van der Waals surface area contributed by atoms with Crippen LogP contribution in [0.5, 0.6) is 5.75 Å². The predicted molar refractivity (Wildman–Crippen MR) is 153 cm³/mol. The van der Waals surface area contributed by atoms with Gasteiger partial charge in [-0.15, -0.1) is 11.3 Å². The highest BCUT2D eigenvalue weighted by molar-refractivity contribution is 7.17. The van der Waals surface area contributed by atoms with E-state index in [0.29, 0.717) is 41.7 Å². The lowest BCUT2D eigenvalue weighted by Gasteiger charge is -2.25. The summed E-state index contributed by atoms with van der Waals surface area (Å²) < 4.78 is 20.9. The van der Waals surface area contributed by atoms with Crippen LogP contribution < -0.4 is 5.56 Å². The number of ether oxygens (including phenoxy) is 1. The van der Waals surface area contributed by atoms with Crippen molar-refractivity contribution in [1.82, 2.24) is 29.1 Å². The molecule has 3 aromatic heterocycles. The molecule has 1 aliphatic heterocycles. The number of hydrogen-bond acceptors (Lipinski definition) is 10. The molecule has 1 fully saturated rings. The van der Waals surface area contributed by atoms with Crippen molar-refractivity contribution < 1.29 is 23.8 Å². The van der Waals surface area contributed by atoms with Crippen molar-refractivity contribution in [1.29, 1.82) is 0 Å². The van der Waals surface area contributed by atoms with E-state index in [1.807, 2.05) is 0 Å². The van der Waals surface area contributed by atoms with E-state index >= 15 is 0 Å². The summed E-state index contributed by atoms with van der Waals surface area (Å²) in [5.74, 6) is -2.31. The summed E-state index contributed by atoms with van der Waals surface area (Å²) in [7, 11) is 4.47. The van der Waals surface area contributed by atoms with Gasteiger partial charge in [-0.1, -0.05) is 17.4 Å². The first kappa shape index (κ1) is 28.8. The summed E-state index contributed by atoms with van der Waals surface area (Å²) >= 11 is 2.65. The Morgan fingerprint density at radius 3 is 2.59 bits per heavy atom. The van der Waals surface area contributed by atoms with Crippen molar-refractivity contribution in [3.05, 3.63) is 67.6 Å². The second kappa shape index (κ2) is 12.0. The zero-order valence-corrected chi connectivity index (χ0v) is 24.4. The minimum atomic E-state index is -0.699. The number of rotatable bonds is 7. The lowest BCUT2D eigenvalue weighted by atomic mass is 10.0. The number of aromatic hydroxyl groups is 1. The first-order valence-electron chi connectivity index (χ1n) is 12.8. The standard InChI is InChI=1S/C27H29FN6O5S2/c1-31(2)25(37)26(38)32(3)13-17-10-18(28)5-4-16(17)11-19-12-29-23(40-19)21-22(35)24(36)34-15-20(41-27(34)30-21)14-33-6-8-39-9-7-33/h4-5,10,12,15,35H,6-9,11,13-14H2,1-3H3. The molecule has 14 heteroatoms. The van der Waals surface area contributed by atoms with Crippen molar-refractivity contribution >= 4 is 39.4 Å². The third-order valence-electron chi connectivity index (χ3n) is 6.67. The molecule has 5 rings (SSSR count). The van der Waals surface area contributed by atoms with E-state index in [1.165, 1.54) is 70.1 Å². The Morgan fingerprint density at radius 2 is 1.85 bits per heavy atom. The Balaban J connectivity index is 1.37. The van der Waals surface area contributed by atoms with E-state index < -0.39 is 28.9 Å². The summed E-state index contributed by atoms with van der Waals surface area (Å²) in [6, 6.07) is 4.31. The normalized spacial score (nSPS) is 14.0. The van der Waals surface area contributed by atoms with Gasteiger partial charge in [0.1, 0.15) is 16.5 Å². The average molecular weight is 601 g/mol. The third-order valence-corrected chi connectivity index (χ3v) is 8.64. The highest BCUT2D eigenvalue weighted by Crippen LogP contribution is 2.32. The molecule has 4 aromatic rings. The van der Waals surface area contributed by atoms with Gasteiger partial charge < -0.3 is 19.6 Å². The van der Waals surface area contributed by atoms with Crippen LogP contribution >= 0.6 is 22.7 Å². The van der Waals surface area contributed by atoms with Crippen LogP contribution in [0.1, 0.15) is 20.9 Å². The molecule has 1 aromatic carbocycles. The summed E-state index contributed by atoms with van der Waals surface area (Å²) in [6.07, 6.45) is 3.70. The third kappa shape index (κ3) is 6.30. The number of carbonyl (C=O) groups excluding carboxylic acids is 2. The quantitative estimate of drug-likeness (QED) is 0.321. The first-order chi connectivity index (χ1) is 19.6. The minimum Gasteiger partial charge on any atom is -0.501 e. The molecule has 1 aliphatic rings. The van der Waals surface area contributed by atoms with Crippen LogP contribution in [0, 0.1) is 5.82 Å². The maximum atomic E-state index is 14.1. The number of thiazole rings is 2. The second-order valence-corrected chi connectivity index (χ2v) is 12.1. The molecule has 1 saturated heterocycles. The molecule has 0 aliphatic carbocycles. The van der Waals surface area contributed by atoms with Crippen LogP contribution in [0.15, 0.2) is 35.4 Å². The van der Waals surface area contributed by atoms with Crippen molar-refractivity contribution in [3.63, 3.8) is 0 Å². The number of carbonyl (C=O) groups is 2. The van der Waals surface area contributed by atoms with E-state index in [9.17, 15) is 23.9 Å². The topological polar surface area (TPSA) is 121 Å². The van der Waals surface area contributed by atoms with Crippen LogP contribution in [0.2, 0.25) is 0 Å². The van der Waals surface area contributed by atoms with Gasteiger partial charge in [-0.3, -0.25) is 23.7 Å². The van der Waals surface area contributed by atoms with Gasteiger partial charge in [0.2, 0.25) is 5.75 Å². The smallest absolute Gasteiger partial charge is 0.312 e. The number of morpholine rings is 1. The highest BCUT2D eigenvalue weighted by Gasteiger charge is 2.23. The number of likely N-dealkylation sites (N-methyl/N-ethyl adjacent to an activating group) is 2. The fourth-order valence-electron chi connectivity index (χ4n) is 4.46. The van der Waals surface area contributed by atoms with Crippen molar-refractivity contribution in [2.75, 3.05) is 47.4 Å². The monoisotopic (exact) mass is 600 g/mol. The number of fused-ring (bicyclic) bond motifs is 1. The SMILES string of the molecule is CN(C)C(=O)C(=O)N(C)Cc1cc(F)ccc1Cc1cnc(-c2nc3sc(CN4CCOCC4)cn3c(=O)c2O)s1. The summed E-state index contributed by atoms with van der Waals surface area (Å²) in [6.45, 7) is 3.67. The molecule has 2 amide bonds.